The summed E-state index contributed by atoms with van der Waals surface area (Å²) in [6.07, 6.45) is 7.37. The first kappa shape index (κ1) is 16.0. The van der Waals surface area contributed by atoms with E-state index in [0.717, 1.165) is 25.7 Å². The number of nitrogens with one attached hydrogen (secondary N) is 1. The highest BCUT2D eigenvalue weighted by molar-refractivity contribution is 6.30. The van der Waals surface area contributed by atoms with E-state index in [1.807, 2.05) is 12.1 Å². The first-order valence-corrected chi connectivity index (χ1v) is 8.23. The fourth-order valence-electron chi connectivity index (χ4n) is 2.91. The van der Waals surface area contributed by atoms with Gasteiger partial charge >= 0.3 is 0 Å². The minimum absolute atomic E-state index is 0.246. The third-order valence-electron chi connectivity index (χ3n) is 4.10. The standard InChI is InChI=1S/C17H20ClN3O2/c18-13-4-6-15(7-5-13)23-16-9-19-11-20-17(16)21-14-3-1-2-12(8-14)10-22/h4-7,9,11-12,14,22H,1-3,8,10H2,(H,19,20,21)/t12-,14-/m1/s1. The molecule has 1 aliphatic carbocycles. The number of hydrogen-bond acceptors (Lipinski definition) is 5. The van der Waals surface area contributed by atoms with E-state index in [1.165, 1.54) is 6.33 Å². The Morgan fingerprint density at radius 3 is 2.87 bits per heavy atom. The summed E-state index contributed by atoms with van der Waals surface area (Å²) in [5, 5.41) is 13.5. The summed E-state index contributed by atoms with van der Waals surface area (Å²) >= 11 is 5.89. The Hall–Kier alpha value is -1.85. The van der Waals surface area contributed by atoms with Crippen molar-refractivity contribution in [2.45, 2.75) is 31.7 Å². The lowest BCUT2D eigenvalue weighted by Gasteiger charge is -2.29. The maximum atomic E-state index is 9.36. The number of nitrogens with zero attached hydrogens (tertiary/aromatic N) is 2. The van der Waals surface area contributed by atoms with Crippen LogP contribution in [0.2, 0.25) is 5.02 Å². The molecule has 0 unspecified atom stereocenters. The third kappa shape index (κ3) is 4.33. The van der Waals surface area contributed by atoms with Crippen LogP contribution in [0.3, 0.4) is 0 Å². The molecule has 0 spiro atoms. The van der Waals surface area contributed by atoms with E-state index < -0.39 is 0 Å². The van der Waals surface area contributed by atoms with E-state index >= 15 is 0 Å². The van der Waals surface area contributed by atoms with E-state index in [2.05, 4.69) is 15.3 Å². The van der Waals surface area contributed by atoms with Crippen LogP contribution in [0, 0.1) is 5.92 Å². The number of hydrogen-bond donors (Lipinski definition) is 2. The van der Waals surface area contributed by atoms with Crippen molar-refractivity contribution in [2.75, 3.05) is 11.9 Å². The molecule has 5 nitrogen and oxygen atoms in total. The quantitative estimate of drug-likeness (QED) is 0.869. The van der Waals surface area contributed by atoms with Crippen LogP contribution >= 0.6 is 11.6 Å². The van der Waals surface area contributed by atoms with Gasteiger partial charge in [-0.1, -0.05) is 18.0 Å². The predicted octanol–water partition coefficient (Wildman–Crippen LogP) is 3.89. The number of ether oxygens (including phenoxy) is 1. The molecule has 0 bridgehead atoms. The Balaban J connectivity index is 1.71. The van der Waals surface area contributed by atoms with Gasteiger partial charge in [-0.15, -0.1) is 0 Å². The molecule has 1 fully saturated rings. The van der Waals surface area contributed by atoms with Crippen LogP contribution in [0.15, 0.2) is 36.8 Å². The monoisotopic (exact) mass is 333 g/mol. The smallest absolute Gasteiger partial charge is 0.187 e. The largest absolute Gasteiger partial charge is 0.452 e. The van der Waals surface area contributed by atoms with Crippen molar-refractivity contribution in [3.63, 3.8) is 0 Å². The molecule has 0 radical (unpaired) electrons. The molecule has 23 heavy (non-hydrogen) atoms. The summed E-state index contributed by atoms with van der Waals surface area (Å²) in [5.74, 6) is 2.31. The van der Waals surface area contributed by atoms with Crippen molar-refractivity contribution in [1.29, 1.82) is 0 Å². The maximum Gasteiger partial charge on any atom is 0.187 e. The molecular formula is C17H20ClN3O2. The van der Waals surface area contributed by atoms with E-state index in [1.54, 1.807) is 18.3 Å². The SMILES string of the molecule is OC[C@@H]1CCC[C@@H](Nc2ncncc2Oc2ccc(Cl)cc2)C1. The van der Waals surface area contributed by atoms with Crippen LogP contribution in [0.25, 0.3) is 0 Å². The van der Waals surface area contributed by atoms with Crippen molar-refractivity contribution in [3.8, 4) is 11.5 Å². The van der Waals surface area contributed by atoms with Crippen molar-refractivity contribution in [2.24, 2.45) is 5.92 Å². The average Bonchev–Trinajstić information content (AvgIpc) is 2.59. The number of halogens is 1. The number of aliphatic hydroxyl groups is 1. The number of benzene rings is 1. The second-order valence-corrected chi connectivity index (χ2v) is 6.28. The first-order chi connectivity index (χ1) is 11.2. The summed E-state index contributed by atoms with van der Waals surface area (Å²) in [5.41, 5.74) is 0. The molecule has 0 saturated heterocycles. The second kappa shape index (κ2) is 7.62. The zero-order chi connectivity index (χ0) is 16.1. The van der Waals surface area contributed by atoms with E-state index in [-0.39, 0.29) is 6.61 Å². The number of aromatic nitrogens is 2. The zero-order valence-electron chi connectivity index (χ0n) is 12.8. The topological polar surface area (TPSA) is 67.3 Å². The van der Waals surface area contributed by atoms with Gasteiger partial charge in [0.2, 0.25) is 0 Å². The molecule has 1 aliphatic rings. The zero-order valence-corrected chi connectivity index (χ0v) is 13.5. The summed E-state index contributed by atoms with van der Waals surface area (Å²) in [6, 6.07) is 7.47. The molecular weight excluding hydrogens is 314 g/mol. The summed E-state index contributed by atoms with van der Waals surface area (Å²) in [7, 11) is 0. The second-order valence-electron chi connectivity index (χ2n) is 5.85. The van der Waals surface area contributed by atoms with E-state index in [9.17, 15) is 5.11 Å². The molecule has 1 aromatic heterocycles. The average molecular weight is 334 g/mol. The van der Waals surface area contributed by atoms with Crippen LogP contribution in [-0.2, 0) is 0 Å². The Bertz CT molecular complexity index is 636. The summed E-state index contributed by atoms with van der Waals surface area (Å²) in [4.78, 5) is 8.34. The summed E-state index contributed by atoms with van der Waals surface area (Å²) in [6.45, 7) is 0.246. The van der Waals surface area contributed by atoms with Gasteiger partial charge in [0.25, 0.3) is 0 Å². The van der Waals surface area contributed by atoms with Gasteiger partial charge in [0.05, 0.1) is 6.20 Å². The predicted molar refractivity (Wildman–Crippen MR) is 90.0 cm³/mol. The van der Waals surface area contributed by atoms with Gasteiger partial charge in [-0.3, -0.25) is 0 Å². The molecule has 122 valence electrons. The molecule has 1 aromatic carbocycles. The van der Waals surface area contributed by atoms with Crippen molar-refractivity contribution in [1.82, 2.24) is 9.97 Å². The number of anilines is 1. The van der Waals surface area contributed by atoms with Crippen LogP contribution in [0.1, 0.15) is 25.7 Å². The van der Waals surface area contributed by atoms with Crippen LogP contribution in [0.4, 0.5) is 5.82 Å². The van der Waals surface area contributed by atoms with Crippen molar-refractivity contribution in [3.05, 3.63) is 41.8 Å². The Kier molecular flexibility index (Phi) is 5.31. The van der Waals surface area contributed by atoms with Crippen molar-refractivity contribution < 1.29 is 9.84 Å². The van der Waals surface area contributed by atoms with Gasteiger partial charge in [0.1, 0.15) is 12.1 Å². The Labute approximate surface area is 140 Å². The number of rotatable bonds is 5. The van der Waals surface area contributed by atoms with Crippen LogP contribution in [0.5, 0.6) is 11.5 Å². The minimum atomic E-state index is 0.246. The highest BCUT2D eigenvalue weighted by Crippen LogP contribution is 2.31. The van der Waals surface area contributed by atoms with Gasteiger partial charge in [0.15, 0.2) is 11.6 Å². The van der Waals surface area contributed by atoms with Gasteiger partial charge in [-0.2, -0.15) is 0 Å². The highest BCUT2D eigenvalue weighted by atomic mass is 35.5. The fourth-order valence-corrected chi connectivity index (χ4v) is 3.04. The van der Waals surface area contributed by atoms with Gasteiger partial charge in [0, 0.05) is 17.7 Å². The number of aliphatic hydroxyl groups excluding tert-OH is 1. The van der Waals surface area contributed by atoms with Crippen LogP contribution < -0.4 is 10.1 Å². The maximum absolute atomic E-state index is 9.36. The molecule has 2 aromatic rings. The first-order valence-electron chi connectivity index (χ1n) is 7.85. The molecule has 1 heterocycles. The lowest BCUT2D eigenvalue weighted by atomic mass is 9.86. The van der Waals surface area contributed by atoms with Gasteiger partial charge in [-0.05, 0) is 49.4 Å². The third-order valence-corrected chi connectivity index (χ3v) is 4.35. The minimum Gasteiger partial charge on any atom is -0.452 e. The Morgan fingerprint density at radius 2 is 2.09 bits per heavy atom. The lowest BCUT2D eigenvalue weighted by molar-refractivity contribution is 0.184. The van der Waals surface area contributed by atoms with E-state index in [0.29, 0.717) is 34.3 Å². The fraction of sp³-hybridized carbons (Fsp3) is 0.412. The molecule has 6 heteroatoms. The van der Waals surface area contributed by atoms with Crippen molar-refractivity contribution >= 4 is 17.4 Å². The van der Waals surface area contributed by atoms with Gasteiger partial charge < -0.3 is 15.2 Å². The molecule has 2 N–H and O–H groups in total. The summed E-state index contributed by atoms with van der Waals surface area (Å²) < 4.78 is 5.86. The molecule has 0 amide bonds. The normalized spacial score (nSPS) is 21.0. The molecule has 1 saturated carbocycles. The Morgan fingerprint density at radius 1 is 1.26 bits per heavy atom. The lowest BCUT2D eigenvalue weighted by Crippen LogP contribution is -2.29. The molecule has 2 atom stereocenters. The molecule has 3 rings (SSSR count). The van der Waals surface area contributed by atoms with Crippen LogP contribution in [-0.4, -0.2) is 27.7 Å². The highest BCUT2D eigenvalue weighted by Gasteiger charge is 2.22. The molecule has 0 aliphatic heterocycles. The van der Waals surface area contributed by atoms with Gasteiger partial charge in [-0.25, -0.2) is 9.97 Å². The van der Waals surface area contributed by atoms with E-state index in [4.69, 9.17) is 16.3 Å².